The van der Waals surface area contributed by atoms with Crippen LogP contribution in [-0.4, -0.2) is 19.1 Å². The summed E-state index contributed by atoms with van der Waals surface area (Å²) in [6, 6.07) is 3.00. The summed E-state index contributed by atoms with van der Waals surface area (Å²) >= 11 is 0. The quantitative estimate of drug-likeness (QED) is 0.912. The average Bonchev–Trinajstić information content (AvgIpc) is 2.31. The van der Waals surface area contributed by atoms with E-state index in [1.165, 1.54) is 12.1 Å². The number of nitrogens with two attached hydrogens (primary N) is 1. The van der Waals surface area contributed by atoms with Gasteiger partial charge in [-0.3, -0.25) is 0 Å². The second-order valence-corrected chi connectivity index (χ2v) is 5.62. The van der Waals surface area contributed by atoms with Crippen LogP contribution in [-0.2, 0) is 6.42 Å². The Morgan fingerprint density at radius 2 is 1.89 bits per heavy atom. The molecule has 1 heterocycles. The fourth-order valence-corrected chi connectivity index (χ4v) is 2.94. The highest BCUT2D eigenvalue weighted by Gasteiger charge is 2.27. The van der Waals surface area contributed by atoms with E-state index in [2.05, 4.69) is 6.92 Å². The minimum absolute atomic E-state index is 0.125. The zero-order valence-electron chi connectivity index (χ0n) is 11.6. The highest BCUT2D eigenvalue weighted by molar-refractivity contribution is 5.52. The zero-order valence-corrected chi connectivity index (χ0v) is 11.6. The lowest BCUT2D eigenvalue weighted by Crippen LogP contribution is -2.41. The molecule has 1 aliphatic heterocycles. The first-order valence-corrected chi connectivity index (χ1v) is 6.97. The van der Waals surface area contributed by atoms with Crippen molar-refractivity contribution in [1.29, 1.82) is 0 Å². The van der Waals surface area contributed by atoms with Crippen LogP contribution in [0.5, 0.6) is 0 Å². The summed E-state index contributed by atoms with van der Waals surface area (Å²) in [5.74, 6) is -0.316. The summed E-state index contributed by atoms with van der Waals surface area (Å²) in [5.41, 5.74) is 6.17. The van der Waals surface area contributed by atoms with Crippen molar-refractivity contribution < 1.29 is 8.78 Å². The number of benzene rings is 1. The molecule has 2 atom stereocenters. The predicted octanol–water partition coefficient (Wildman–Crippen LogP) is 3.09. The lowest BCUT2D eigenvalue weighted by Gasteiger charge is -2.38. The van der Waals surface area contributed by atoms with Gasteiger partial charge >= 0.3 is 0 Å². The molecule has 1 saturated heterocycles. The molecule has 0 bridgehead atoms. The van der Waals surface area contributed by atoms with Gasteiger partial charge in [0.25, 0.3) is 0 Å². The maximum absolute atomic E-state index is 14.2. The number of rotatable bonds is 3. The molecule has 2 rings (SSSR count). The van der Waals surface area contributed by atoms with Crippen molar-refractivity contribution in [3.05, 3.63) is 29.3 Å². The van der Waals surface area contributed by atoms with Crippen LogP contribution < -0.4 is 10.6 Å². The molecule has 0 aliphatic carbocycles. The van der Waals surface area contributed by atoms with Gasteiger partial charge in [-0.15, -0.1) is 0 Å². The summed E-state index contributed by atoms with van der Waals surface area (Å²) in [6.07, 6.45) is 2.46. The molecular formula is C15H22F2N2. The molecule has 0 saturated carbocycles. The van der Waals surface area contributed by atoms with Crippen molar-refractivity contribution >= 4 is 5.69 Å². The maximum atomic E-state index is 14.2. The Hall–Kier alpha value is -1.16. The van der Waals surface area contributed by atoms with Gasteiger partial charge in [0.1, 0.15) is 17.3 Å². The summed E-state index contributed by atoms with van der Waals surface area (Å²) in [6.45, 7) is 5.33. The standard InChI is InChI=1S/C15H22F2N2/c1-10-4-6-19(11(2)7-10)15-13(16)8-12(3-5-18)9-14(15)17/h8-11H,3-7,18H2,1-2H3. The Morgan fingerprint density at radius 3 is 2.42 bits per heavy atom. The van der Waals surface area contributed by atoms with E-state index in [1.807, 2.05) is 11.8 Å². The van der Waals surface area contributed by atoms with Gasteiger partial charge in [-0.25, -0.2) is 8.78 Å². The highest BCUT2D eigenvalue weighted by Crippen LogP contribution is 2.32. The monoisotopic (exact) mass is 268 g/mol. The highest BCUT2D eigenvalue weighted by atomic mass is 19.1. The number of hydrogen-bond donors (Lipinski definition) is 1. The molecule has 1 aromatic carbocycles. The van der Waals surface area contributed by atoms with Crippen molar-refractivity contribution in [2.45, 2.75) is 39.2 Å². The normalized spacial score (nSPS) is 23.7. The van der Waals surface area contributed by atoms with E-state index in [9.17, 15) is 8.78 Å². The van der Waals surface area contributed by atoms with Crippen molar-refractivity contribution in [3.8, 4) is 0 Å². The van der Waals surface area contributed by atoms with Crippen molar-refractivity contribution in [1.82, 2.24) is 0 Å². The molecule has 1 aliphatic rings. The molecule has 0 amide bonds. The maximum Gasteiger partial charge on any atom is 0.149 e. The second-order valence-electron chi connectivity index (χ2n) is 5.62. The second kappa shape index (κ2) is 5.87. The van der Waals surface area contributed by atoms with Gasteiger partial charge in [-0.1, -0.05) is 6.92 Å². The van der Waals surface area contributed by atoms with Gasteiger partial charge < -0.3 is 10.6 Å². The first-order valence-electron chi connectivity index (χ1n) is 6.97. The van der Waals surface area contributed by atoms with Gasteiger partial charge in [0.2, 0.25) is 0 Å². The summed E-state index contributed by atoms with van der Waals surface area (Å²) in [7, 11) is 0. The first kappa shape index (κ1) is 14.3. The summed E-state index contributed by atoms with van der Waals surface area (Å²) in [5, 5.41) is 0. The Bertz CT molecular complexity index is 425. The van der Waals surface area contributed by atoms with Crippen molar-refractivity contribution in [2.75, 3.05) is 18.0 Å². The zero-order chi connectivity index (χ0) is 14.0. The number of halogens is 2. The molecule has 19 heavy (non-hydrogen) atoms. The van der Waals surface area contributed by atoms with Gasteiger partial charge in [0, 0.05) is 12.6 Å². The van der Waals surface area contributed by atoms with Crippen LogP contribution in [0.15, 0.2) is 12.1 Å². The van der Waals surface area contributed by atoms with Crippen LogP contribution in [0.1, 0.15) is 32.3 Å². The number of anilines is 1. The van der Waals surface area contributed by atoms with E-state index in [1.54, 1.807) is 0 Å². The van der Waals surface area contributed by atoms with Gasteiger partial charge in [0.05, 0.1) is 0 Å². The van der Waals surface area contributed by atoms with E-state index in [0.29, 0.717) is 31.0 Å². The first-order chi connectivity index (χ1) is 9.02. The van der Waals surface area contributed by atoms with Crippen LogP contribution in [0.25, 0.3) is 0 Å². The average molecular weight is 268 g/mol. The summed E-state index contributed by atoms with van der Waals surface area (Å²) < 4.78 is 28.3. The molecule has 1 aromatic rings. The van der Waals surface area contributed by atoms with E-state index >= 15 is 0 Å². The van der Waals surface area contributed by atoms with Gasteiger partial charge in [0.15, 0.2) is 0 Å². The lowest BCUT2D eigenvalue weighted by atomic mass is 9.92. The molecule has 2 unspecified atom stereocenters. The van der Waals surface area contributed by atoms with Crippen molar-refractivity contribution in [3.63, 3.8) is 0 Å². The fraction of sp³-hybridized carbons (Fsp3) is 0.600. The van der Waals surface area contributed by atoms with Gasteiger partial charge in [-0.05, 0) is 56.3 Å². The van der Waals surface area contributed by atoms with Crippen LogP contribution >= 0.6 is 0 Å². The third-order valence-electron chi connectivity index (χ3n) is 3.94. The van der Waals surface area contributed by atoms with E-state index in [0.717, 1.165) is 12.8 Å². The molecular weight excluding hydrogens is 246 g/mol. The lowest BCUT2D eigenvalue weighted by molar-refractivity contribution is 0.371. The number of nitrogens with zero attached hydrogens (tertiary/aromatic N) is 1. The third kappa shape index (κ3) is 3.06. The SMILES string of the molecule is CC1CCN(c2c(F)cc(CCN)cc2F)C(C)C1. The largest absolute Gasteiger partial charge is 0.364 e. The molecule has 2 nitrogen and oxygen atoms in total. The van der Waals surface area contributed by atoms with Crippen molar-refractivity contribution in [2.24, 2.45) is 11.7 Å². The van der Waals surface area contributed by atoms with E-state index in [4.69, 9.17) is 5.73 Å². The molecule has 0 aromatic heterocycles. The van der Waals surface area contributed by atoms with Crippen LogP contribution in [0.3, 0.4) is 0 Å². The molecule has 0 spiro atoms. The van der Waals surface area contributed by atoms with E-state index in [-0.39, 0.29) is 11.7 Å². The Kier molecular flexibility index (Phi) is 4.40. The van der Waals surface area contributed by atoms with Crippen LogP contribution in [0, 0.1) is 17.6 Å². The molecule has 1 fully saturated rings. The van der Waals surface area contributed by atoms with Gasteiger partial charge in [-0.2, -0.15) is 0 Å². The molecule has 2 N–H and O–H groups in total. The minimum Gasteiger partial charge on any atom is -0.364 e. The predicted molar refractivity (Wildman–Crippen MR) is 74.3 cm³/mol. The number of piperidine rings is 1. The molecule has 106 valence electrons. The Labute approximate surface area is 113 Å². The summed E-state index contributed by atoms with van der Waals surface area (Å²) in [4.78, 5) is 1.86. The Morgan fingerprint density at radius 1 is 1.26 bits per heavy atom. The smallest absolute Gasteiger partial charge is 0.149 e. The Balaban J connectivity index is 2.29. The van der Waals surface area contributed by atoms with Crippen LogP contribution in [0.4, 0.5) is 14.5 Å². The third-order valence-corrected chi connectivity index (χ3v) is 3.94. The topological polar surface area (TPSA) is 29.3 Å². The number of hydrogen-bond acceptors (Lipinski definition) is 2. The molecule has 0 radical (unpaired) electrons. The van der Waals surface area contributed by atoms with E-state index < -0.39 is 11.6 Å². The minimum atomic E-state index is -0.468. The molecule has 4 heteroatoms. The van der Waals surface area contributed by atoms with Crippen LogP contribution in [0.2, 0.25) is 0 Å². The fourth-order valence-electron chi connectivity index (χ4n) is 2.94.